The van der Waals surface area contributed by atoms with Crippen molar-refractivity contribution >= 4 is 11.9 Å². The van der Waals surface area contributed by atoms with Crippen molar-refractivity contribution in [3.8, 4) is 0 Å². The van der Waals surface area contributed by atoms with E-state index in [1.54, 1.807) is 0 Å². The highest BCUT2D eigenvalue weighted by molar-refractivity contribution is 5.80. The Morgan fingerprint density at radius 3 is 2.44 bits per heavy atom. The third kappa shape index (κ3) is 4.59. The van der Waals surface area contributed by atoms with Crippen LogP contribution in [-0.4, -0.2) is 48.0 Å². The molecule has 1 saturated heterocycles. The van der Waals surface area contributed by atoms with Gasteiger partial charge in [0.25, 0.3) is 0 Å². The molecule has 0 radical (unpaired) electrons. The SMILES string of the molecule is O=C(O)CC(NCC1CCOCC1)C(=O)O. The number of rotatable bonds is 6. The quantitative estimate of drug-likeness (QED) is 0.592. The average molecular weight is 231 g/mol. The van der Waals surface area contributed by atoms with Crippen molar-refractivity contribution in [3.05, 3.63) is 0 Å². The number of hydrogen-bond donors (Lipinski definition) is 3. The second kappa shape index (κ2) is 6.44. The minimum atomic E-state index is -1.12. The molecule has 1 rings (SSSR count). The lowest BCUT2D eigenvalue weighted by Crippen LogP contribution is -2.41. The molecule has 3 N–H and O–H groups in total. The molecular weight excluding hydrogens is 214 g/mol. The Bertz CT molecular complexity index is 250. The fourth-order valence-electron chi connectivity index (χ4n) is 1.68. The smallest absolute Gasteiger partial charge is 0.321 e. The molecule has 0 saturated carbocycles. The van der Waals surface area contributed by atoms with Crippen molar-refractivity contribution in [3.63, 3.8) is 0 Å². The molecule has 0 bridgehead atoms. The van der Waals surface area contributed by atoms with Crippen molar-refractivity contribution in [2.75, 3.05) is 19.8 Å². The Morgan fingerprint density at radius 1 is 1.31 bits per heavy atom. The molecule has 1 aliphatic rings. The van der Waals surface area contributed by atoms with E-state index >= 15 is 0 Å². The van der Waals surface area contributed by atoms with E-state index in [0.717, 1.165) is 12.8 Å². The number of hydrogen-bond acceptors (Lipinski definition) is 4. The van der Waals surface area contributed by atoms with E-state index in [0.29, 0.717) is 25.7 Å². The molecule has 1 unspecified atom stereocenters. The molecule has 0 amide bonds. The largest absolute Gasteiger partial charge is 0.481 e. The number of carbonyl (C=O) groups is 2. The lowest BCUT2D eigenvalue weighted by atomic mass is 10.00. The number of aliphatic carboxylic acids is 2. The Hall–Kier alpha value is -1.14. The van der Waals surface area contributed by atoms with Gasteiger partial charge in [-0.05, 0) is 25.3 Å². The maximum atomic E-state index is 10.8. The van der Waals surface area contributed by atoms with Gasteiger partial charge in [0.15, 0.2) is 0 Å². The zero-order chi connectivity index (χ0) is 12.0. The van der Waals surface area contributed by atoms with Gasteiger partial charge in [-0.15, -0.1) is 0 Å². The van der Waals surface area contributed by atoms with Gasteiger partial charge in [0.1, 0.15) is 6.04 Å². The van der Waals surface area contributed by atoms with Crippen molar-refractivity contribution in [1.29, 1.82) is 0 Å². The van der Waals surface area contributed by atoms with Gasteiger partial charge in [-0.2, -0.15) is 0 Å². The molecule has 1 atom stereocenters. The van der Waals surface area contributed by atoms with Gasteiger partial charge in [0.05, 0.1) is 6.42 Å². The summed E-state index contributed by atoms with van der Waals surface area (Å²) >= 11 is 0. The van der Waals surface area contributed by atoms with Gasteiger partial charge in [0, 0.05) is 13.2 Å². The summed E-state index contributed by atoms with van der Waals surface area (Å²) < 4.78 is 5.18. The molecule has 0 spiro atoms. The van der Waals surface area contributed by atoms with E-state index < -0.39 is 24.4 Å². The van der Waals surface area contributed by atoms with Crippen LogP contribution in [0.15, 0.2) is 0 Å². The van der Waals surface area contributed by atoms with Crippen molar-refractivity contribution in [2.45, 2.75) is 25.3 Å². The predicted octanol–water partition coefficient (Wildman–Crippen LogP) is -0.0695. The van der Waals surface area contributed by atoms with Crippen LogP contribution in [0.5, 0.6) is 0 Å². The zero-order valence-electron chi connectivity index (χ0n) is 9.02. The molecule has 0 aliphatic carbocycles. The second-order valence-corrected chi connectivity index (χ2v) is 3.95. The second-order valence-electron chi connectivity index (χ2n) is 3.95. The molecule has 0 aromatic rings. The molecule has 0 aromatic carbocycles. The van der Waals surface area contributed by atoms with Crippen LogP contribution >= 0.6 is 0 Å². The topological polar surface area (TPSA) is 95.9 Å². The highest BCUT2D eigenvalue weighted by atomic mass is 16.5. The van der Waals surface area contributed by atoms with Crippen molar-refractivity contribution < 1.29 is 24.5 Å². The summed E-state index contributed by atoms with van der Waals surface area (Å²) in [6.07, 6.45) is 1.40. The van der Waals surface area contributed by atoms with Crippen LogP contribution in [0.1, 0.15) is 19.3 Å². The van der Waals surface area contributed by atoms with Crippen LogP contribution in [0.4, 0.5) is 0 Å². The fraction of sp³-hybridized carbons (Fsp3) is 0.800. The summed E-state index contributed by atoms with van der Waals surface area (Å²) in [4.78, 5) is 21.2. The van der Waals surface area contributed by atoms with E-state index in [1.165, 1.54) is 0 Å². The molecule has 0 aromatic heterocycles. The zero-order valence-corrected chi connectivity index (χ0v) is 9.02. The molecule has 1 fully saturated rings. The Labute approximate surface area is 93.6 Å². The third-order valence-electron chi connectivity index (χ3n) is 2.67. The number of ether oxygens (including phenoxy) is 1. The monoisotopic (exact) mass is 231 g/mol. The molecule has 6 nitrogen and oxygen atoms in total. The predicted molar refractivity (Wildman–Crippen MR) is 55.2 cm³/mol. The summed E-state index contributed by atoms with van der Waals surface area (Å²) in [6, 6.07) is -1.000. The molecular formula is C10H17NO5. The minimum absolute atomic E-state index is 0.379. The van der Waals surface area contributed by atoms with Crippen molar-refractivity contribution in [1.82, 2.24) is 5.32 Å². The summed E-state index contributed by atoms with van der Waals surface area (Å²) in [7, 11) is 0. The molecule has 92 valence electrons. The Balaban J connectivity index is 2.30. The first kappa shape index (κ1) is 12.9. The number of carboxylic acid groups (broad SMARTS) is 2. The van der Waals surface area contributed by atoms with E-state index in [-0.39, 0.29) is 0 Å². The lowest BCUT2D eigenvalue weighted by Gasteiger charge is -2.23. The van der Waals surface area contributed by atoms with Crippen LogP contribution in [0, 0.1) is 5.92 Å². The number of nitrogens with one attached hydrogen (secondary N) is 1. The Morgan fingerprint density at radius 2 is 1.94 bits per heavy atom. The van der Waals surface area contributed by atoms with Gasteiger partial charge < -0.3 is 20.3 Å². The van der Waals surface area contributed by atoms with Crippen molar-refractivity contribution in [2.24, 2.45) is 5.92 Å². The number of carboxylic acids is 2. The third-order valence-corrected chi connectivity index (χ3v) is 2.67. The first-order chi connectivity index (χ1) is 7.59. The minimum Gasteiger partial charge on any atom is -0.481 e. The first-order valence-electron chi connectivity index (χ1n) is 5.35. The summed E-state index contributed by atoms with van der Waals surface area (Å²) in [6.45, 7) is 1.93. The van der Waals surface area contributed by atoms with E-state index in [2.05, 4.69) is 5.32 Å². The Kier molecular flexibility index (Phi) is 5.21. The van der Waals surface area contributed by atoms with Gasteiger partial charge in [-0.1, -0.05) is 0 Å². The van der Waals surface area contributed by atoms with E-state index in [9.17, 15) is 9.59 Å². The van der Waals surface area contributed by atoms with E-state index in [4.69, 9.17) is 14.9 Å². The van der Waals surface area contributed by atoms with Gasteiger partial charge in [-0.25, -0.2) is 0 Å². The lowest BCUT2D eigenvalue weighted by molar-refractivity contribution is -0.146. The van der Waals surface area contributed by atoms with Crippen LogP contribution in [0.3, 0.4) is 0 Å². The molecule has 16 heavy (non-hydrogen) atoms. The molecule has 1 heterocycles. The summed E-state index contributed by atoms with van der Waals surface area (Å²) in [5.74, 6) is -1.84. The van der Waals surface area contributed by atoms with Gasteiger partial charge in [0.2, 0.25) is 0 Å². The van der Waals surface area contributed by atoms with Gasteiger partial charge >= 0.3 is 11.9 Å². The maximum absolute atomic E-state index is 10.8. The normalized spacial score (nSPS) is 19.2. The summed E-state index contributed by atoms with van der Waals surface area (Å²) in [5, 5.41) is 20.1. The molecule has 1 aliphatic heterocycles. The van der Waals surface area contributed by atoms with Crippen LogP contribution < -0.4 is 5.32 Å². The average Bonchev–Trinajstić information content (AvgIpc) is 2.25. The maximum Gasteiger partial charge on any atom is 0.321 e. The fourth-order valence-corrected chi connectivity index (χ4v) is 1.68. The van der Waals surface area contributed by atoms with Gasteiger partial charge in [-0.3, -0.25) is 9.59 Å². The first-order valence-corrected chi connectivity index (χ1v) is 5.35. The van der Waals surface area contributed by atoms with Crippen LogP contribution in [0.2, 0.25) is 0 Å². The highest BCUT2D eigenvalue weighted by Gasteiger charge is 2.22. The molecule has 6 heteroatoms. The highest BCUT2D eigenvalue weighted by Crippen LogP contribution is 2.13. The van der Waals surface area contributed by atoms with Crippen LogP contribution in [-0.2, 0) is 14.3 Å². The van der Waals surface area contributed by atoms with Crippen LogP contribution in [0.25, 0.3) is 0 Å². The van der Waals surface area contributed by atoms with E-state index in [1.807, 2.05) is 0 Å². The summed E-state index contributed by atoms with van der Waals surface area (Å²) in [5.41, 5.74) is 0. The standard InChI is InChI=1S/C10H17NO5/c12-9(13)5-8(10(14)15)11-6-7-1-3-16-4-2-7/h7-8,11H,1-6H2,(H,12,13)(H,14,15).